The van der Waals surface area contributed by atoms with Crippen LogP contribution in [-0.4, -0.2) is 22.0 Å². The maximum Gasteiger partial charge on any atom is 0.287 e. The van der Waals surface area contributed by atoms with Crippen LogP contribution in [0, 0.1) is 0 Å². The van der Waals surface area contributed by atoms with Gasteiger partial charge in [0.15, 0.2) is 5.82 Å². The van der Waals surface area contributed by atoms with E-state index in [9.17, 15) is 4.79 Å². The molecule has 1 aliphatic carbocycles. The summed E-state index contributed by atoms with van der Waals surface area (Å²) in [6, 6.07) is 10.6. The van der Waals surface area contributed by atoms with Gasteiger partial charge in [-0.3, -0.25) is 4.79 Å². The predicted octanol–water partition coefficient (Wildman–Crippen LogP) is 3.05. The summed E-state index contributed by atoms with van der Waals surface area (Å²) in [4.78, 5) is 16.5. The van der Waals surface area contributed by atoms with Gasteiger partial charge in [0.05, 0.1) is 0 Å². The zero-order valence-electron chi connectivity index (χ0n) is 13.1. The van der Waals surface area contributed by atoms with Crippen molar-refractivity contribution in [2.45, 2.75) is 37.5 Å². The molecule has 4 nitrogen and oxygen atoms in total. The quantitative estimate of drug-likeness (QED) is 0.943. The zero-order valence-corrected chi connectivity index (χ0v) is 13.1. The van der Waals surface area contributed by atoms with E-state index in [0.29, 0.717) is 12.4 Å². The molecular formula is C18H23N3O. The van der Waals surface area contributed by atoms with Crippen molar-refractivity contribution in [2.24, 2.45) is 7.05 Å². The Kier molecular flexibility index (Phi) is 4.27. The maximum absolute atomic E-state index is 12.3. The lowest BCUT2D eigenvalue weighted by Crippen LogP contribution is -2.42. The Morgan fingerprint density at radius 1 is 1.23 bits per heavy atom. The third-order valence-electron chi connectivity index (χ3n) is 4.81. The van der Waals surface area contributed by atoms with Crippen LogP contribution in [0.4, 0.5) is 0 Å². The van der Waals surface area contributed by atoms with Crippen LogP contribution in [0.2, 0.25) is 0 Å². The first-order valence-electron chi connectivity index (χ1n) is 8.02. The molecule has 0 radical (unpaired) electrons. The summed E-state index contributed by atoms with van der Waals surface area (Å²) in [5.74, 6) is 0.382. The first kappa shape index (κ1) is 14.8. The lowest BCUT2D eigenvalue weighted by Gasteiger charge is -2.38. The van der Waals surface area contributed by atoms with Gasteiger partial charge in [-0.25, -0.2) is 4.98 Å². The summed E-state index contributed by atoms with van der Waals surface area (Å²) in [7, 11) is 1.84. The van der Waals surface area contributed by atoms with Crippen LogP contribution in [0.5, 0.6) is 0 Å². The van der Waals surface area contributed by atoms with Crippen LogP contribution < -0.4 is 5.32 Å². The summed E-state index contributed by atoms with van der Waals surface area (Å²) < 4.78 is 1.76. The normalized spacial score (nSPS) is 17.1. The van der Waals surface area contributed by atoms with Crippen LogP contribution >= 0.6 is 0 Å². The Hall–Kier alpha value is -2.10. The molecule has 0 saturated heterocycles. The third kappa shape index (κ3) is 2.91. The molecule has 1 aromatic heterocycles. The number of amides is 1. The van der Waals surface area contributed by atoms with Crippen LogP contribution in [-0.2, 0) is 12.5 Å². The first-order valence-corrected chi connectivity index (χ1v) is 8.02. The summed E-state index contributed by atoms with van der Waals surface area (Å²) in [5, 5.41) is 3.11. The SMILES string of the molecule is Cn1ccnc1C(=O)NCC1(c2ccccc2)CCCCC1. The lowest BCUT2D eigenvalue weighted by molar-refractivity contribution is 0.0923. The highest BCUT2D eigenvalue weighted by atomic mass is 16.2. The Labute approximate surface area is 131 Å². The molecule has 0 unspecified atom stereocenters. The van der Waals surface area contributed by atoms with E-state index in [1.165, 1.54) is 24.8 Å². The van der Waals surface area contributed by atoms with E-state index in [-0.39, 0.29) is 11.3 Å². The number of aromatic nitrogens is 2. The molecular weight excluding hydrogens is 274 g/mol. The van der Waals surface area contributed by atoms with Crippen LogP contribution in [0.25, 0.3) is 0 Å². The van der Waals surface area contributed by atoms with Crippen molar-refractivity contribution in [1.29, 1.82) is 0 Å². The molecule has 3 rings (SSSR count). The van der Waals surface area contributed by atoms with Gasteiger partial charge >= 0.3 is 0 Å². The highest BCUT2D eigenvalue weighted by Gasteiger charge is 2.34. The van der Waals surface area contributed by atoms with Crippen LogP contribution in [0.15, 0.2) is 42.7 Å². The second-order valence-corrected chi connectivity index (χ2v) is 6.25. The van der Waals surface area contributed by atoms with Crippen molar-refractivity contribution in [3.05, 3.63) is 54.1 Å². The zero-order chi connectivity index (χ0) is 15.4. The van der Waals surface area contributed by atoms with Crippen LogP contribution in [0.3, 0.4) is 0 Å². The summed E-state index contributed by atoms with van der Waals surface area (Å²) in [6.07, 6.45) is 9.48. The molecule has 22 heavy (non-hydrogen) atoms. The van der Waals surface area contributed by atoms with Gasteiger partial charge in [-0.2, -0.15) is 0 Å². The van der Waals surface area contributed by atoms with Gasteiger partial charge in [-0.05, 0) is 18.4 Å². The van der Waals surface area contributed by atoms with E-state index in [1.54, 1.807) is 17.0 Å². The van der Waals surface area contributed by atoms with Gasteiger partial charge in [-0.15, -0.1) is 0 Å². The number of aryl methyl sites for hydroxylation is 1. The number of hydrogen-bond donors (Lipinski definition) is 1. The molecule has 0 aliphatic heterocycles. The number of nitrogens with zero attached hydrogens (tertiary/aromatic N) is 2. The molecule has 1 amide bonds. The molecule has 116 valence electrons. The number of nitrogens with one attached hydrogen (secondary N) is 1. The number of carbonyl (C=O) groups is 1. The van der Waals surface area contributed by atoms with E-state index < -0.39 is 0 Å². The third-order valence-corrected chi connectivity index (χ3v) is 4.81. The first-order chi connectivity index (χ1) is 10.7. The summed E-state index contributed by atoms with van der Waals surface area (Å²) in [6.45, 7) is 0.683. The summed E-state index contributed by atoms with van der Waals surface area (Å²) >= 11 is 0. The van der Waals surface area contributed by atoms with Gasteiger partial charge in [0.25, 0.3) is 5.91 Å². The highest BCUT2D eigenvalue weighted by molar-refractivity contribution is 5.90. The fourth-order valence-corrected chi connectivity index (χ4v) is 3.50. The fourth-order valence-electron chi connectivity index (χ4n) is 3.50. The number of rotatable bonds is 4. The fraction of sp³-hybridized carbons (Fsp3) is 0.444. The monoisotopic (exact) mass is 297 g/mol. The van der Waals surface area contributed by atoms with E-state index in [0.717, 1.165) is 12.8 Å². The molecule has 1 fully saturated rings. The second-order valence-electron chi connectivity index (χ2n) is 6.25. The van der Waals surface area contributed by atoms with E-state index in [4.69, 9.17) is 0 Å². The molecule has 1 aliphatic rings. The molecule has 2 aromatic rings. The van der Waals surface area contributed by atoms with Gasteiger partial charge in [0.2, 0.25) is 0 Å². The number of benzene rings is 1. The van der Waals surface area contributed by atoms with E-state index in [2.05, 4.69) is 34.6 Å². The van der Waals surface area contributed by atoms with E-state index in [1.807, 2.05) is 13.1 Å². The number of imidazole rings is 1. The Morgan fingerprint density at radius 3 is 2.59 bits per heavy atom. The molecule has 0 spiro atoms. The molecule has 1 saturated carbocycles. The lowest BCUT2D eigenvalue weighted by atomic mass is 9.69. The largest absolute Gasteiger partial charge is 0.348 e. The van der Waals surface area contributed by atoms with Gasteiger partial charge < -0.3 is 9.88 Å². The number of hydrogen-bond acceptors (Lipinski definition) is 2. The average molecular weight is 297 g/mol. The van der Waals surface area contributed by atoms with Crippen LogP contribution in [0.1, 0.15) is 48.3 Å². The van der Waals surface area contributed by atoms with Crippen molar-refractivity contribution < 1.29 is 4.79 Å². The second kappa shape index (κ2) is 6.34. The molecule has 0 atom stereocenters. The topological polar surface area (TPSA) is 46.9 Å². The minimum atomic E-state index is -0.0895. The average Bonchev–Trinajstić information content (AvgIpc) is 3.00. The van der Waals surface area contributed by atoms with Crippen molar-refractivity contribution in [1.82, 2.24) is 14.9 Å². The smallest absolute Gasteiger partial charge is 0.287 e. The minimum absolute atomic E-state index is 0.0698. The maximum atomic E-state index is 12.3. The van der Waals surface area contributed by atoms with Gasteiger partial charge in [0, 0.05) is 31.4 Å². The van der Waals surface area contributed by atoms with Gasteiger partial charge in [0.1, 0.15) is 0 Å². The van der Waals surface area contributed by atoms with Crippen molar-refractivity contribution in [3.63, 3.8) is 0 Å². The summed E-state index contributed by atoms with van der Waals surface area (Å²) in [5.41, 5.74) is 1.41. The van der Waals surface area contributed by atoms with E-state index >= 15 is 0 Å². The molecule has 1 heterocycles. The number of carbonyl (C=O) groups excluding carboxylic acids is 1. The van der Waals surface area contributed by atoms with Crippen molar-refractivity contribution in [2.75, 3.05) is 6.54 Å². The standard InChI is InChI=1S/C18H23N3O/c1-21-13-12-19-16(21)17(22)20-14-18(10-6-3-7-11-18)15-8-4-2-5-9-15/h2,4-5,8-9,12-13H,3,6-7,10-11,14H2,1H3,(H,20,22). The van der Waals surface area contributed by atoms with Crippen molar-refractivity contribution >= 4 is 5.91 Å². The highest BCUT2D eigenvalue weighted by Crippen LogP contribution is 2.38. The minimum Gasteiger partial charge on any atom is -0.348 e. The predicted molar refractivity (Wildman–Crippen MR) is 86.7 cm³/mol. The van der Waals surface area contributed by atoms with Gasteiger partial charge in [-0.1, -0.05) is 49.6 Å². The molecule has 4 heteroatoms. The molecule has 1 N–H and O–H groups in total. The molecule has 1 aromatic carbocycles. The van der Waals surface area contributed by atoms with Crippen molar-refractivity contribution in [3.8, 4) is 0 Å². The Balaban J connectivity index is 1.77. The Bertz CT molecular complexity index is 627. The Morgan fingerprint density at radius 2 is 1.95 bits per heavy atom. The molecule has 0 bridgehead atoms.